The molecule has 2 aromatic carbocycles. The van der Waals surface area contributed by atoms with E-state index in [1.165, 1.54) is 49.9 Å². The lowest BCUT2D eigenvalue weighted by Crippen LogP contribution is -2.47. The summed E-state index contributed by atoms with van der Waals surface area (Å²) in [7, 11) is 0. The third kappa shape index (κ3) is 4.96. The summed E-state index contributed by atoms with van der Waals surface area (Å²) < 4.78 is 0. The van der Waals surface area contributed by atoms with Crippen molar-refractivity contribution in [3.8, 4) is 0 Å². The van der Waals surface area contributed by atoms with Gasteiger partial charge in [0.25, 0.3) is 0 Å². The summed E-state index contributed by atoms with van der Waals surface area (Å²) in [5.74, 6) is 0.753. The van der Waals surface area contributed by atoms with Crippen molar-refractivity contribution in [2.45, 2.75) is 51.0 Å². The minimum Gasteiger partial charge on any atom is -0.277 e. The van der Waals surface area contributed by atoms with Gasteiger partial charge in [0, 0.05) is 6.04 Å². The van der Waals surface area contributed by atoms with Crippen LogP contribution in [-0.2, 0) is 0 Å². The van der Waals surface area contributed by atoms with Crippen LogP contribution in [-0.4, -0.2) is 6.04 Å². The van der Waals surface area contributed by atoms with Crippen molar-refractivity contribution in [1.82, 2.24) is 5.43 Å². The predicted molar refractivity (Wildman–Crippen MR) is 108 cm³/mol. The van der Waals surface area contributed by atoms with Crippen LogP contribution in [0.15, 0.2) is 73.3 Å². The van der Waals surface area contributed by atoms with Gasteiger partial charge in [-0.2, -0.15) is 0 Å². The number of unbranched alkanes of at least 4 members (excludes halogenated alkanes) is 1. The molecular weight excluding hydrogens is 304 g/mol. The highest BCUT2D eigenvalue weighted by Gasteiger charge is 2.26. The summed E-state index contributed by atoms with van der Waals surface area (Å²) in [6.45, 7) is 3.87. The molecule has 2 heteroatoms. The minimum absolute atomic E-state index is 0.541. The number of hydrogen-bond donors (Lipinski definition) is 1. The number of benzene rings is 2. The molecule has 1 aliphatic rings. The number of anilines is 2. The maximum Gasteiger partial charge on any atom is 0.0577 e. The highest BCUT2D eigenvalue weighted by molar-refractivity contribution is 5.61. The van der Waals surface area contributed by atoms with Crippen molar-refractivity contribution < 1.29 is 0 Å². The van der Waals surface area contributed by atoms with Crippen molar-refractivity contribution >= 4 is 11.4 Å². The molecule has 0 aliphatic heterocycles. The molecule has 0 bridgehead atoms. The topological polar surface area (TPSA) is 15.3 Å². The maximum atomic E-state index is 3.87. The van der Waals surface area contributed by atoms with Gasteiger partial charge in [0.2, 0.25) is 0 Å². The molecule has 25 heavy (non-hydrogen) atoms. The second-order valence-corrected chi connectivity index (χ2v) is 7.01. The average Bonchev–Trinajstić information content (AvgIpc) is 2.69. The van der Waals surface area contributed by atoms with E-state index in [9.17, 15) is 0 Å². The molecule has 2 aromatic rings. The molecule has 132 valence electrons. The van der Waals surface area contributed by atoms with Crippen LogP contribution in [0.1, 0.15) is 44.9 Å². The van der Waals surface area contributed by atoms with Crippen LogP contribution >= 0.6 is 0 Å². The molecule has 1 N–H and O–H groups in total. The zero-order valence-electron chi connectivity index (χ0n) is 15.1. The Balaban J connectivity index is 1.77. The third-order valence-electron chi connectivity index (χ3n) is 5.22. The first-order chi connectivity index (χ1) is 12.4. The molecule has 0 radical (unpaired) electrons. The molecule has 2 atom stereocenters. The Morgan fingerprint density at radius 1 is 0.920 bits per heavy atom. The summed E-state index contributed by atoms with van der Waals surface area (Å²) in [5.41, 5.74) is 6.27. The van der Waals surface area contributed by atoms with E-state index in [0.717, 1.165) is 12.3 Å². The second-order valence-electron chi connectivity index (χ2n) is 7.01. The zero-order valence-corrected chi connectivity index (χ0v) is 15.1. The summed E-state index contributed by atoms with van der Waals surface area (Å²) in [4.78, 5) is 0. The minimum atomic E-state index is 0.541. The molecule has 0 unspecified atom stereocenters. The zero-order chi connectivity index (χ0) is 17.3. The molecule has 0 aromatic heterocycles. The largest absolute Gasteiger partial charge is 0.277 e. The van der Waals surface area contributed by atoms with Gasteiger partial charge in [-0.05, 0) is 62.3 Å². The van der Waals surface area contributed by atoms with E-state index >= 15 is 0 Å². The van der Waals surface area contributed by atoms with Gasteiger partial charge in [-0.3, -0.25) is 5.01 Å². The second kappa shape index (κ2) is 9.43. The van der Waals surface area contributed by atoms with Crippen LogP contribution in [0.2, 0.25) is 0 Å². The van der Waals surface area contributed by atoms with Gasteiger partial charge in [0.1, 0.15) is 0 Å². The number of hydrazine groups is 1. The number of nitrogens with zero attached hydrogens (tertiary/aromatic N) is 1. The molecule has 0 heterocycles. The first-order valence-electron chi connectivity index (χ1n) is 9.66. The van der Waals surface area contributed by atoms with E-state index < -0.39 is 0 Å². The number of para-hydroxylation sites is 2. The van der Waals surface area contributed by atoms with Crippen LogP contribution in [0.4, 0.5) is 11.4 Å². The third-order valence-corrected chi connectivity index (χ3v) is 5.22. The number of allylic oxidation sites excluding steroid dienone is 1. The molecule has 1 saturated carbocycles. The Morgan fingerprint density at radius 2 is 1.52 bits per heavy atom. The summed E-state index contributed by atoms with van der Waals surface area (Å²) in [6.07, 6.45) is 11.0. The van der Waals surface area contributed by atoms with Crippen LogP contribution in [0.25, 0.3) is 0 Å². The number of rotatable bonds is 8. The first kappa shape index (κ1) is 17.8. The molecule has 2 nitrogen and oxygen atoms in total. The average molecular weight is 335 g/mol. The summed E-state index contributed by atoms with van der Waals surface area (Å²) in [5, 5.41) is 2.27. The Hall–Kier alpha value is -2.06. The molecule has 0 saturated heterocycles. The van der Waals surface area contributed by atoms with E-state index in [1.54, 1.807) is 0 Å². The van der Waals surface area contributed by atoms with Crippen LogP contribution < -0.4 is 10.4 Å². The van der Waals surface area contributed by atoms with Crippen LogP contribution in [0, 0.1) is 5.92 Å². The quantitative estimate of drug-likeness (QED) is 0.349. The summed E-state index contributed by atoms with van der Waals surface area (Å²) in [6, 6.07) is 21.8. The van der Waals surface area contributed by atoms with Crippen molar-refractivity contribution in [3.63, 3.8) is 0 Å². The Kier molecular flexibility index (Phi) is 6.70. The highest BCUT2D eigenvalue weighted by atomic mass is 15.5. The molecule has 3 rings (SSSR count). The standard InChI is InChI=1S/C23H30N2/c1-2-3-6-13-20-14-11-12-19-23(20)24-25(21-15-7-4-8-16-21)22-17-9-5-10-18-22/h2,4-5,7-10,15-18,20,23-24H,1,3,6,11-14,19H2/t20-,23+/m0/s1. The van der Waals surface area contributed by atoms with Crippen LogP contribution in [0.3, 0.4) is 0 Å². The molecule has 0 spiro atoms. The lowest BCUT2D eigenvalue weighted by atomic mass is 9.81. The van der Waals surface area contributed by atoms with Crippen LogP contribution in [0.5, 0.6) is 0 Å². The fraction of sp³-hybridized carbons (Fsp3) is 0.391. The molecule has 0 amide bonds. The molecule has 1 fully saturated rings. The van der Waals surface area contributed by atoms with Gasteiger partial charge in [-0.15, -0.1) is 6.58 Å². The lowest BCUT2D eigenvalue weighted by Gasteiger charge is -2.37. The highest BCUT2D eigenvalue weighted by Crippen LogP contribution is 2.31. The number of hydrogen-bond acceptors (Lipinski definition) is 2. The van der Waals surface area contributed by atoms with Gasteiger partial charge >= 0.3 is 0 Å². The summed E-state index contributed by atoms with van der Waals surface area (Å²) >= 11 is 0. The Morgan fingerprint density at radius 3 is 2.12 bits per heavy atom. The van der Waals surface area contributed by atoms with Gasteiger partial charge in [0.15, 0.2) is 0 Å². The van der Waals surface area contributed by atoms with E-state index in [2.05, 4.69) is 77.7 Å². The monoisotopic (exact) mass is 334 g/mol. The van der Waals surface area contributed by atoms with E-state index in [1.807, 2.05) is 6.08 Å². The number of nitrogens with one attached hydrogen (secondary N) is 1. The van der Waals surface area contributed by atoms with E-state index in [-0.39, 0.29) is 0 Å². The maximum absolute atomic E-state index is 3.87. The van der Waals surface area contributed by atoms with E-state index in [4.69, 9.17) is 0 Å². The van der Waals surface area contributed by atoms with Crippen molar-refractivity contribution in [1.29, 1.82) is 0 Å². The fourth-order valence-electron chi connectivity index (χ4n) is 3.87. The van der Waals surface area contributed by atoms with Gasteiger partial charge in [-0.25, -0.2) is 5.43 Å². The normalized spacial score (nSPS) is 20.2. The van der Waals surface area contributed by atoms with Crippen molar-refractivity contribution in [2.75, 3.05) is 5.01 Å². The van der Waals surface area contributed by atoms with Gasteiger partial charge in [0.05, 0.1) is 11.4 Å². The predicted octanol–water partition coefficient (Wildman–Crippen LogP) is 6.24. The Bertz CT molecular complexity index is 584. The molecular formula is C23H30N2. The smallest absolute Gasteiger partial charge is 0.0577 e. The Labute approximate surface area is 152 Å². The lowest BCUT2D eigenvalue weighted by molar-refractivity contribution is 0.247. The van der Waals surface area contributed by atoms with E-state index in [0.29, 0.717) is 6.04 Å². The van der Waals surface area contributed by atoms with Crippen molar-refractivity contribution in [3.05, 3.63) is 73.3 Å². The van der Waals surface area contributed by atoms with Crippen molar-refractivity contribution in [2.24, 2.45) is 5.92 Å². The van der Waals surface area contributed by atoms with Gasteiger partial charge < -0.3 is 0 Å². The first-order valence-corrected chi connectivity index (χ1v) is 9.66. The fourth-order valence-corrected chi connectivity index (χ4v) is 3.87. The molecule has 1 aliphatic carbocycles. The SMILES string of the molecule is C=CCCC[C@H]1CCCC[C@H]1NN(c1ccccc1)c1ccccc1. The van der Waals surface area contributed by atoms with Gasteiger partial charge in [-0.1, -0.05) is 55.3 Å².